The summed E-state index contributed by atoms with van der Waals surface area (Å²) in [6, 6.07) is 14.4. The number of nitrogens with two attached hydrogens (primary N) is 1. The van der Waals surface area contributed by atoms with Gasteiger partial charge < -0.3 is 20.5 Å². The van der Waals surface area contributed by atoms with Crippen molar-refractivity contribution in [2.45, 2.75) is 0 Å². The molecular formula is C17H15ClN4O2. The molecule has 0 radical (unpaired) electrons. The first-order chi connectivity index (χ1) is 11.7. The Morgan fingerprint density at radius 3 is 2.42 bits per heavy atom. The van der Waals surface area contributed by atoms with Gasteiger partial charge in [0.1, 0.15) is 12.0 Å². The fourth-order valence-corrected chi connectivity index (χ4v) is 2.16. The van der Waals surface area contributed by atoms with Gasteiger partial charge in [-0.25, -0.2) is 4.98 Å². The quantitative estimate of drug-likeness (QED) is 0.721. The molecule has 1 aromatic heterocycles. The number of hydrogen-bond donors (Lipinski definition) is 2. The minimum atomic E-state index is 0.242. The second-order valence-corrected chi connectivity index (χ2v) is 5.26. The van der Waals surface area contributed by atoms with E-state index in [0.717, 1.165) is 5.69 Å². The maximum atomic E-state index is 6.12. The third kappa shape index (κ3) is 3.49. The van der Waals surface area contributed by atoms with E-state index in [1.807, 2.05) is 24.3 Å². The number of ether oxygens (including phenoxy) is 2. The van der Waals surface area contributed by atoms with Crippen molar-refractivity contribution in [1.29, 1.82) is 0 Å². The summed E-state index contributed by atoms with van der Waals surface area (Å²) in [4.78, 5) is 8.24. The smallest absolute Gasteiger partial charge is 0.248 e. The van der Waals surface area contributed by atoms with E-state index in [1.54, 1.807) is 31.4 Å². The van der Waals surface area contributed by atoms with Crippen molar-refractivity contribution < 1.29 is 9.47 Å². The molecule has 6 nitrogen and oxygen atoms in total. The second kappa shape index (κ2) is 7.06. The molecule has 0 saturated heterocycles. The lowest BCUT2D eigenvalue weighted by molar-refractivity contribution is 0.374. The highest BCUT2D eigenvalue weighted by Gasteiger charge is 2.12. The molecule has 3 rings (SSSR count). The zero-order chi connectivity index (χ0) is 16.9. The molecule has 0 aliphatic heterocycles. The zero-order valence-corrected chi connectivity index (χ0v) is 13.6. The van der Waals surface area contributed by atoms with Gasteiger partial charge in [0.05, 0.1) is 7.11 Å². The number of hydrogen-bond acceptors (Lipinski definition) is 6. The van der Waals surface area contributed by atoms with Crippen molar-refractivity contribution in [1.82, 2.24) is 9.97 Å². The predicted octanol–water partition coefficient (Wildman–Crippen LogP) is 4.26. The van der Waals surface area contributed by atoms with E-state index < -0.39 is 0 Å². The molecule has 0 unspecified atom stereocenters. The highest BCUT2D eigenvalue weighted by atomic mass is 35.5. The molecule has 0 atom stereocenters. The van der Waals surface area contributed by atoms with Gasteiger partial charge in [0, 0.05) is 10.7 Å². The van der Waals surface area contributed by atoms with Gasteiger partial charge in [-0.15, -0.1) is 0 Å². The van der Waals surface area contributed by atoms with Crippen LogP contribution in [0.4, 0.5) is 17.2 Å². The summed E-state index contributed by atoms with van der Waals surface area (Å²) in [5.41, 5.74) is 7.21. The highest BCUT2D eigenvalue weighted by molar-refractivity contribution is 6.30. The Labute approximate surface area is 144 Å². The molecule has 0 saturated carbocycles. The maximum absolute atomic E-state index is 6.12. The minimum Gasteiger partial charge on any atom is -0.493 e. The number of benzene rings is 2. The van der Waals surface area contributed by atoms with Crippen LogP contribution in [0.25, 0.3) is 0 Å². The summed E-state index contributed by atoms with van der Waals surface area (Å²) < 4.78 is 11.0. The van der Waals surface area contributed by atoms with E-state index in [2.05, 4.69) is 15.3 Å². The maximum Gasteiger partial charge on any atom is 0.248 e. The lowest BCUT2D eigenvalue weighted by Gasteiger charge is -2.13. The zero-order valence-electron chi connectivity index (χ0n) is 12.9. The number of nitrogens with one attached hydrogen (secondary N) is 1. The van der Waals surface area contributed by atoms with Crippen LogP contribution in [-0.2, 0) is 0 Å². The molecule has 3 N–H and O–H groups in total. The summed E-state index contributed by atoms with van der Waals surface area (Å²) in [7, 11) is 1.57. The van der Waals surface area contributed by atoms with Gasteiger partial charge in [-0.2, -0.15) is 4.98 Å². The van der Waals surface area contributed by atoms with Crippen molar-refractivity contribution in [3.8, 4) is 17.4 Å². The average molecular weight is 343 g/mol. The highest BCUT2D eigenvalue weighted by Crippen LogP contribution is 2.35. The van der Waals surface area contributed by atoms with Crippen LogP contribution in [0, 0.1) is 0 Å². The molecule has 122 valence electrons. The number of halogens is 1. The van der Waals surface area contributed by atoms with E-state index in [0.29, 0.717) is 28.0 Å². The topological polar surface area (TPSA) is 82.3 Å². The van der Waals surface area contributed by atoms with E-state index >= 15 is 0 Å². The van der Waals surface area contributed by atoms with Gasteiger partial charge in [-0.1, -0.05) is 23.7 Å². The van der Waals surface area contributed by atoms with Crippen LogP contribution in [0.2, 0.25) is 5.02 Å². The van der Waals surface area contributed by atoms with Crippen LogP contribution < -0.4 is 20.5 Å². The Morgan fingerprint density at radius 2 is 1.71 bits per heavy atom. The van der Waals surface area contributed by atoms with Gasteiger partial charge in [0.25, 0.3) is 0 Å². The summed E-state index contributed by atoms with van der Waals surface area (Å²) in [5.74, 6) is 1.79. The number of anilines is 3. The van der Waals surface area contributed by atoms with E-state index in [4.69, 9.17) is 26.8 Å². The number of nitrogen functional groups attached to an aromatic ring is 1. The molecule has 7 heteroatoms. The lowest BCUT2D eigenvalue weighted by atomic mass is 10.3. The first kappa shape index (κ1) is 15.9. The normalized spacial score (nSPS) is 10.2. The number of para-hydroxylation sites is 2. The second-order valence-electron chi connectivity index (χ2n) is 4.83. The third-order valence-corrected chi connectivity index (χ3v) is 3.48. The van der Waals surface area contributed by atoms with Crippen molar-refractivity contribution in [3.05, 3.63) is 59.9 Å². The van der Waals surface area contributed by atoms with Crippen molar-refractivity contribution in [3.63, 3.8) is 0 Å². The van der Waals surface area contributed by atoms with Gasteiger partial charge >= 0.3 is 0 Å². The Hall–Kier alpha value is -2.99. The molecule has 0 bridgehead atoms. The molecule has 2 aromatic carbocycles. The van der Waals surface area contributed by atoms with Crippen LogP contribution in [0.3, 0.4) is 0 Å². The van der Waals surface area contributed by atoms with Gasteiger partial charge in [-0.05, 0) is 36.4 Å². The monoisotopic (exact) mass is 342 g/mol. The largest absolute Gasteiger partial charge is 0.493 e. The van der Waals surface area contributed by atoms with Gasteiger partial charge in [-0.3, -0.25) is 0 Å². The Bertz CT molecular complexity index is 840. The molecule has 3 aromatic rings. The van der Waals surface area contributed by atoms with E-state index in [1.165, 1.54) is 6.33 Å². The van der Waals surface area contributed by atoms with Crippen molar-refractivity contribution >= 4 is 28.8 Å². The fourth-order valence-electron chi connectivity index (χ4n) is 2.04. The van der Waals surface area contributed by atoms with E-state index in [9.17, 15) is 0 Å². The minimum absolute atomic E-state index is 0.242. The SMILES string of the molecule is COc1ccccc1Oc1ncnc(Nc2ccc(Cl)cc2)c1N. The molecule has 1 heterocycles. The van der Waals surface area contributed by atoms with Crippen molar-refractivity contribution in [2.24, 2.45) is 0 Å². The number of rotatable bonds is 5. The number of nitrogens with zero attached hydrogens (tertiary/aromatic N) is 2. The number of aromatic nitrogens is 2. The summed E-state index contributed by atoms with van der Waals surface area (Å²) in [6.45, 7) is 0. The molecule has 24 heavy (non-hydrogen) atoms. The van der Waals surface area contributed by atoms with Crippen molar-refractivity contribution in [2.75, 3.05) is 18.2 Å². The standard InChI is InChI=1S/C17H15ClN4O2/c1-23-13-4-2-3-5-14(13)24-17-15(19)16(20-10-21-17)22-12-8-6-11(18)7-9-12/h2-10H,19H2,1H3,(H,20,21,22). The Morgan fingerprint density at radius 1 is 1.00 bits per heavy atom. The van der Waals surface area contributed by atoms with E-state index in [-0.39, 0.29) is 5.88 Å². The number of methoxy groups -OCH3 is 1. The molecule has 0 amide bonds. The molecule has 0 aliphatic carbocycles. The fraction of sp³-hybridized carbons (Fsp3) is 0.0588. The van der Waals surface area contributed by atoms with Crippen LogP contribution >= 0.6 is 11.6 Å². The predicted molar refractivity (Wildman–Crippen MR) is 94.2 cm³/mol. The summed E-state index contributed by atoms with van der Waals surface area (Å²) in [5, 5.41) is 3.76. The van der Waals surface area contributed by atoms with Gasteiger partial charge in [0.2, 0.25) is 5.88 Å². The van der Waals surface area contributed by atoms with Gasteiger partial charge in [0.15, 0.2) is 17.3 Å². The van der Waals surface area contributed by atoms with Crippen LogP contribution in [-0.4, -0.2) is 17.1 Å². The molecule has 0 aliphatic rings. The van der Waals surface area contributed by atoms with Crippen LogP contribution in [0.15, 0.2) is 54.9 Å². The molecular weight excluding hydrogens is 328 g/mol. The first-order valence-electron chi connectivity index (χ1n) is 7.11. The first-order valence-corrected chi connectivity index (χ1v) is 7.49. The average Bonchev–Trinajstić information content (AvgIpc) is 2.61. The summed E-state index contributed by atoms with van der Waals surface area (Å²) >= 11 is 5.88. The molecule has 0 fully saturated rings. The Kier molecular flexibility index (Phi) is 4.67. The summed E-state index contributed by atoms with van der Waals surface area (Å²) in [6.07, 6.45) is 1.37. The van der Waals surface area contributed by atoms with Crippen LogP contribution in [0.5, 0.6) is 17.4 Å². The lowest BCUT2D eigenvalue weighted by Crippen LogP contribution is -2.03. The third-order valence-electron chi connectivity index (χ3n) is 3.23. The van der Waals surface area contributed by atoms with Crippen LogP contribution in [0.1, 0.15) is 0 Å². The molecule has 0 spiro atoms. The Balaban J connectivity index is 1.86.